The lowest BCUT2D eigenvalue weighted by Crippen LogP contribution is -2.31. The molecule has 0 saturated heterocycles. The molecular weight excluding hydrogens is 328 g/mol. The van der Waals surface area contributed by atoms with Crippen LogP contribution in [0.25, 0.3) is 6.08 Å². The molecule has 4 heteroatoms. The van der Waals surface area contributed by atoms with Crippen LogP contribution in [-0.4, -0.2) is 26.2 Å². The van der Waals surface area contributed by atoms with E-state index < -0.39 is 23.8 Å². The number of allylic oxidation sites excluding steroid dienone is 1. The van der Waals surface area contributed by atoms with E-state index in [4.69, 9.17) is 9.47 Å². The quantitative estimate of drug-likeness (QED) is 0.581. The highest BCUT2D eigenvalue weighted by Gasteiger charge is 2.36. The van der Waals surface area contributed by atoms with Crippen molar-refractivity contribution in [2.24, 2.45) is 5.92 Å². The monoisotopic (exact) mass is 352 g/mol. The van der Waals surface area contributed by atoms with Crippen LogP contribution >= 0.6 is 0 Å². The van der Waals surface area contributed by atoms with Gasteiger partial charge in [-0.1, -0.05) is 71.8 Å². The first-order valence-corrected chi connectivity index (χ1v) is 8.43. The second-order valence-corrected chi connectivity index (χ2v) is 6.24. The highest BCUT2D eigenvalue weighted by molar-refractivity contribution is 5.96. The van der Waals surface area contributed by atoms with Gasteiger partial charge in [-0.3, -0.25) is 9.59 Å². The fraction of sp³-hybridized carbons (Fsp3) is 0.273. The van der Waals surface area contributed by atoms with Gasteiger partial charge in [0, 0.05) is 5.92 Å². The fourth-order valence-corrected chi connectivity index (χ4v) is 2.92. The number of hydrogen-bond donors (Lipinski definition) is 0. The summed E-state index contributed by atoms with van der Waals surface area (Å²) in [5.41, 5.74) is 4.03. The fourth-order valence-electron chi connectivity index (χ4n) is 2.92. The van der Waals surface area contributed by atoms with Gasteiger partial charge in [0.05, 0.1) is 14.2 Å². The van der Waals surface area contributed by atoms with Crippen molar-refractivity contribution in [3.8, 4) is 0 Å². The second-order valence-electron chi connectivity index (χ2n) is 6.24. The van der Waals surface area contributed by atoms with Crippen LogP contribution in [-0.2, 0) is 19.1 Å². The third-order valence-electron chi connectivity index (χ3n) is 4.23. The number of rotatable bonds is 6. The van der Waals surface area contributed by atoms with Gasteiger partial charge in [-0.05, 0) is 25.0 Å². The smallest absolute Gasteiger partial charge is 0.321 e. The summed E-state index contributed by atoms with van der Waals surface area (Å²) >= 11 is 0. The molecule has 0 aromatic heterocycles. The first kappa shape index (κ1) is 19.4. The minimum atomic E-state index is -1.06. The first-order valence-electron chi connectivity index (χ1n) is 8.43. The lowest BCUT2D eigenvalue weighted by Gasteiger charge is -2.21. The van der Waals surface area contributed by atoms with Crippen molar-refractivity contribution in [2.75, 3.05) is 14.2 Å². The van der Waals surface area contributed by atoms with Crippen molar-refractivity contribution >= 4 is 18.0 Å². The van der Waals surface area contributed by atoms with Crippen molar-refractivity contribution < 1.29 is 19.1 Å². The standard InChI is InChI=1S/C22H24O4/c1-15-7-5-9-17(13-15)11-12-19(18-10-6-8-16(2)14-18)20(21(23)25-3)22(24)26-4/h5-14,19-20H,1-4H3/b12-11+. The van der Waals surface area contributed by atoms with Crippen LogP contribution in [0.3, 0.4) is 0 Å². The third-order valence-corrected chi connectivity index (χ3v) is 4.23. The number of benzene rings is 2. The molecule has 0 aliphatic carbocycles. The van der Waals surface area contributed by atoms with Crippen LogP contribution in [0.1, 0.15) is 28.2 Å². The Kier molecular flexibility index (Phi) is 6.73. The van der Waals surface area contributed by atoms with Gasteiger partial charge in [-0.15, -0.1) is 0 Å². The normalized spacial score (nSPS) is 12.2. The summed E-state index contributed by atoms with van der Waals surface area (Å²) in [4.78, 5) is 24.6. The van der Waals surface area contributed by atoms with Gasteiger partial charge in [0.25, 0.3) is 0 Å². The van der Waals surface area contributed by atoms with Crippen molar-refractivity contribution in [1.82, 2.24) is 0 Å². The van der Waals surface area contributed by atoms with E-state index in [0.717, 1.165) is 22.3 Å². The summed E-state index contributed by atoms with van der Waals surface area (Å²) in [6.45, 7) is 3.98. The second kappa shape index (κ2) is 8.99. The van der Waals surface area contributed by atoms with Crippen molar-refractivity contribution in [1.29, 1.82) is 0 Å². The maximum Gasteiger partial charge on any atom is 0.321 e. The molecule has 1 unspecified atom stereocenters. The number of carbonyl (C=O) groups excluding carboxylic acids is 2. The highest BCUT2D eigenvalue weighted by Crippen LogP contribution is 2.30. The minimum absolute atomic E-state index is 0.490. The molecule has 0 radical (unpaired) electrons. The molecule has 0 aliphatic heterocycles. The summed E-state index contributed by atoms with van der Waals surface area (Å²) in [5, 5.41) is 0. The van der Waals surface area contributed by atoms with E-state index in [1.807, 2.05) is 74.5 Å². The predicted octanol–water partition coefficient (Wildman–Crippen LogP) is 4.06. The van der Waals surface area contributed by atoms with Gasteiger partial charge in [-0.2, -0.15) is 0 Å². The molecule has 0 amide bonds. The summed E-state index contributed by atoms with van der Waals surface area (Å²) < 4.78 is 9.73. The minimum Gasteiger partial charge on any atom is -0.468 e. The average molecular weight is 352 g/mol. The van der Waals surface area contributed by atoms with E-state index >= 15 is 0 Å². The van der Waals surface area contributed by atoms with E-state index in [1.165, 1.54) is 14.2 Å². The molecule has 1 atom stereocenters. The van der Waals surface area contributed by atoms with E-state index in [9.17, 15) is 9.59 Å². The zero-order valence-corrected chi connectivity index (χ0v) is 15.6. The van der Waals surface area contributed by atoms with E-state index in [-0.39, 0.29) is 0 Å². The highest BCUT2D eigenvalue weighted by atomic mass is 16.5. The molecule has 2 rings (SSSR count). The topological polar surface area (TPSA) is 52.6 Å². The Balaban J connectivity index is 2.50. The Morgan fingerprint density at radius 1 is 0.885 bits per heavy atom. The number of methoxy groups -OCH3 is 2. The molecule has 2 aromatic carbocycles. The van der Waals surface area contributed by atoms with Crippen molar-refractivity contribution in [3.63, 3.8) is 0 Å². The molecule has 2 aromatic rings. The molecule has 0 heterocycles. The van der Waals surface area contributed by atoms with Gasteiger partial charge < -0.3 is 9.47 Å². The van der Waals surface area contributed by atoms with Crippen LogP contribution < -0.4 is 0 Å². The van der Waals surface area contributed by atoms with E-state index in [2.05, 4.69) is 0 Å². The van der Waals surface area contributed by atoms with Crippen LogP contribution in [0.5, 0.6) is 0 Å². The predicted molar refractivity (Wildman–Crippen MR) is 102 cm³/mol. The van der Waals surface area contributed by atoms with Crippen LogP contribution in [0.4, 0.5) is 0 Å². The SMILES string of the molecule is COC(=O)C(C(=O)OC)C(/C=C/c1cccc(C)c1)c1cccc(C)c1. The molecule has 0 saturated carbocycles. The Morgan fingerprint density at radius 3 is 2.00 bits per heavy atom. The average Bonchev–Trinajstić information content (AvgIpc) is 2.64. The summed E-state index contributed by atoms with van der Waals surface area (Å²) in [6.07, 6.45) is 3.78. The van der Waals surface area contributed by atoms with Crippen LogP contribution in [0, 0.1) is 19.8 Å². The summed E-state index contributed by atoms with van der Waals surface area (Å²) in [7, 11) is 2.55. The summed E-state index contributed by atoms with van der Waals surface area (Å²) in [5.74, 6) is -2.78. The Bertz CT molecular complexity index is 791. The molecule has 0 N–H and O–H groups in total. The molecular formula is C22H24O4. The lowest BCUT2D eigenvalue weighted by atomic mass is 9.84. The molecule has 26 heavy (non-hydrogen) atoms. The van der Waals surface area contributed by atoms with Crippen molar-refractivity contribution in [3.05, 3.63) is 76.9 Å². The van der Waals surface area contributed by atoms with Crippen LogP contribution in [0.2, 0.25) is 0 Å². The van der Waals surface area contributed by atoms with E-state index in [1.54, 1.807) is 0 Å². The maximum absolute atomic E-state index is 12.3. The molecule has 136 valence electrons. The molecule has 0 fully saturated rings. The van der Waals surface area contributed by atoms with Gasteiger partial charge in [0.15, 0.2) is 5.92 Å². The van der Waals surface area contributed by atoms with Crippen molar-refractivity contribution in [2.45, 2.75) is 19.8 Å². The zero-order valence-electron chi connectivity index (χ0n) is 15.6. The Morgan fingerprint density at radius 2 is 1.46 bits per heavy atom. The maximum atomic E-state index is 12.3. The largest absolute Gasteiger partial charge is 0.468 e. The van der Waals surface area contributed by atoms with Gasteiger partial charge in [0.2, 0.25) is 0 Å². The van der Waals surface area contributed by atoms with Gasteiger partial charge >= 0.3 is 11.9 Å². The Labute approximate surface area is 154 Å². The number of aryl methyl sites for hydroxylation is 2. The lowest BCUT2D eigenvalue weighted by molar-refractivity contribution is -0.159. The first-order chi connectivity index (χ1) is 12.5. The number of ether oxygens (including phenoxy) is 2. The van der Waals surface area contributed by atoms with E-state index in [0.29, 0.717) is 0 Å². The van der Waals surface area contributed by atoms with Gasteiger partial charge in [-0.25, -0.2) is 0 Å². The number of esters is 2. The molecule has 0 aliphatic rings. The number of carbonyl (C=O) groups is 2. The third kappa shape index (κ3) is 4.82. The molecule has 0 spiro atoms. The van der Waals surface area contributed by atoms with Crippen LogP contribution in [0.15, 0.2) is 54.6 Å². The molecule has 4 nitrogen and oxygen atoms in total. The molecule has 0 bridgehead atoms. The number of hydrogen-bond acceptors (Lipinski definition) is 4. The Hall–Kier alpha value is -2.88. The van der Waals surface area contributed by atoms with Gasteiger partial charge in [0.1, 0.15) is 0 Å². The summed E-state index contributed by atoms with van der Waals surface area (Å²) in [6, 6.07) is 15.7. The zero-order chi connectivity index (χ0) is 19.1.